The molecule has 98 valence electrons. The molecular formula is C12H19N5O. The Kier molecular flexibility index (Phi) is 3.05. The fourth-order valence-corrected chi connectivity index (χ4v) is 2.51. The largest absolute Gasteiger partial charge is 0.335 e. The number of piperazine rings is 1. The minimum absolute atomic E-state index is 0.0470. The van der Waals surface area contributed by atoms with E-state index in [1.807, 2.05) is 17.9 Å². The van der Waals surface area contributed by atoms with Gasteiger partial charge in [0.05, 0.1) is 0 Å². The Bertz CT molecular complexity index is 431. The van der Waals surface area contributed by atoms with Gasteiger partial charge in [-0.15, -0.1) is 0 Å². The highest BCUT2D eigenvalue weighted by Crippen LogP contribution is 2.12. The van der Waals surface area contributed by atoms with Gasteiger partial charge < -0.3 is 10.2 Å². The highest BCUT2D eigenvalue weighted by molar-refractivity contribution is 5.92. The van der Waals surface area contributed by atoms with E-state index in [9.17, 15) is 4.79 Å². The molecule has 2 saturated heterocycles. The molecule has 0 saturated carbocycles. The summed E-state index contributed by atoms with van der Waals surface area (Å²) in [4.78, 5) is 16.6. The first-order valence-corrected chi connectivity index (χ1v) is 6.50. The van der Waals surface area contributed by atoms with Gasteiger partial charge in [0.1, 0.15) is 5.69 Å². The van der Waals surface area contributed by atoms with Crippen molar-refractivity contribution >= 4 is 5.91 Å². The first-order valence-electron chi connectivity index (χ1n) is 6.50. The van der Waals surface area contributed by atoms with Gasteiger partial charge in [0, 0.05) is 51.0 Å². The van der Waals surface area contributed by atoms with Crippen molar-refractivity contribution in [2.24, 2.45) is 0 Å². The Labute approximate surface area is 106 Å². The first-order chi connectivity index (χ1) is 8.74. The van der Waals surface area contributed by atoms with E-state index >= 15 is 0 Å². The second kappa shape index (κ2) is 4.70. The van der Waals surface area contributed by atoms with E-state index in [0.29, 0.717) is 11.7 Å². The Hall–Kier alpha value is -1.40. The van der Waals surface area contributed by atoms with Crippen molar-refractivity contribution in [1.82, 2.24) is 25.3 Å². The van der Waals surface area contributed by atoms with Crippen LogP contribution in [-0.4, -0.2) is 71.2 Å². The quantitative estimate of drug-likeness (QED) is 0.738. The summed E-state index contributed by atoms with van der Waals surface area (Å²) in [6, 6.07) is 2.49. The average molecular weight is 249 g/mol. The van der Waals surface area contributed by atoms with Gasteiger partial charge in [-0.1, -0.05) is 0 Å². The fourth-order valence-electron chi connectivity index (χ4n) is 2.51. The second-order valence-corrected chi connectivity index (χ2v) is 5.08. The van der Waals surface area contributed by atoms with Crippen molar-refractivity contribution < 1.29 is 4.79 Å². The van der Waals surface area contributed by atoms with E-state index < -0.39 is 0 Å². The van der Waals surface area contributed by atoms with Crippen molar-refractivity contribution in [1.29, 1.82) is 0 Å². The smallest absolute Gasteiger partial charge is 0.274 e. The highest BCUT2D eigenvalue weighted by atomic mass is 16.2. The van der Waals surface area contributed by atoms with Gasteiger partial charge in [0.2, 0.25) is 0 Å². The van der Waals surface area contributed by atoms with E-state index in [1.54, 1.807) is 0 Å². The van der Waals surface area contributed by atoms with E-state index in [0.717, 1.165) is 45.0 Å². The monoisotopic (exact) mass is 249 g/mol. The molecule has 0 aromatic carbocycles. The van der Waals surface area contributed by atoms with Crippen LogP contribution in [0.15, 0.2) is 6.07 Å². The van der Waals surface area contributed by atoms with Gasteiger partial charge in [-0.3, -0.25) is 14.8 Å². The fraction of sp³-hybridized carbons (Fsp3) is 0.667. The summed E-state index contributed by atoms with van der Waals surface area (Å²) in [5, 5.41) is 10.1. The topological polar surface area (TPSA) is 64.3 Å². The molecule has 3 rings (SSSR count). The maximum absolute atomic E-state index is 12.2. The number of aromatic nitrogens is 2. The Morgan fingerprint density at radius 2 is 2.06 bits per heavy atom. The molecule has 1 amide bonds. The van der Waals surface area contributed by atoms with Crippen LogP contribution in [0.1, 0.15) is 16.2 Å². The van der Waals surface area contributed by atoms with E-state index in [-0.39, 0.29) is 5.91 Å². The molecule has 3 heterocycles. The van der Waals surface area contributed by atoms with Gasteiger partial charge in [0.15, 0.2) is 0 Å². The molecule has 1 aromatic heterocycles. The molecule has 0 spiro atoms. The molecule has 2 fully saturated rings. The lowest BCUT2D eigenvalue weighted by Crippen LogP contribution is -2.62. The summed E-state index contributed by atoms with van der Waals surface area (Å²) in [5.41, 5.74) is 1.46. The third kappa shape index (κ3) is 2.13. The zero-order chi connectivity index (χ0) is 12.5. The second-order valence-electron chi connectivity index (χ2n) is 5.08. The van der Waals surface area contributed by atoms with Crippen LogP contribution >= 0.6 is 0 Å². The van der Waals surface area contributed by atoms with Crippen molar-refractivity contribution in [3.05, 3.63) is 17.5 Å². The number of aromatic amines is 1. The van der Waals surface area contributed by atoms with Crippen LogP contribution in [-0.2, 0) is 0 Å². The van der Waals surface area contributed by atoms with Crippen LogP contribution in [0.25, 0.3) is 0 Å². The molecule has 0 radical (unpaired) electrons. The normalized spacial score (nSPS) is 21.9. The molecule has 0 bridgehead atoms. The molecule has 6 heteroatoms. The summed E-state index contributed by atoms with van der Waals surface area (Å²) in [6.45, 7) is 7.65. The van der Waals surface area contributed by atoms with Crippen LogP contribution in [0.2, 0.25) is 0 Å². The van der Waals surface area contributed by atoms with Crippen molar-refractivity contribution in [2.45, 2.75) is 13.0 Å². The van der Waals surface area contributed by atoms with Gasteiger partial charge in [-0.2, -0.15) is 5.10 Å². The number of rotatable bonds is 2. The summed E-state index contributed by atoms with van der Waals surface area (Å²) in [5.74, 6) is 0.0470. The van der Waals surface area contributed by atoms with Crippen LogP contribution in [0.5, 0.6) is 0 Å². The van der Waals surface area contributed by atoms with Gasteiger partial charge >= 0.3 is 0 Å². The van der Waals surface area contributed by atoms with Crippen LogP contribution < -0.4 is 5.32 Å². The Balaban J connectivity index is 1.57. The number of hydrogen-bond acceptors (Lipinski definition) is 4. The summed E-state index contributed by atoms with van der Waals surface area (Å²) >= 11 is 0. The molecule has 0 unspecified atom stereocenters. The lowest BCUT2D eigenvalue weighted by atomic mass is 10.1. The molecule has 0 atom stereocenters. The zero-order valence-electron chi connectivity index (χ0n) is 10.6. The predicted molar refractivity (Wildman–Crippen MR) is 67.5 cm³/mol. The highest BCUT2D eigenvalue weighted by Gasteiger charge is 2.29. The lowest BCUT2D eigenvalue weighted by molar-refractivity contribution is 0.0497. The standard InChI is InChI=1S/C12H19N5O/c1-9-6-11(15-14-9)12(18)17-4-2-16(3-5-17)10-7-13-8-10/h6,10,13H,2-5,7-8H2,1H3,(H,14,15). The van der Waals surface area contributed by atoms with Crippen molar-refractivity contribution in [3.8, 4) is 0 Å². The molecule has 6 nitrogen and oxygen atoms in total. The first kappa shape index (κ1) is 11.7. The number of H-pyrrole nitrogens is 1. The summed E-state index contributed by atoms with van der Waals surface area (Å²) in [7, 11) is 0. The van der Waals surface area contributed by atoms with Crippen molar-refractivity contribution in [3.63, 3.8) is 0 Å². The summed E-state index contributed by atoms with van der Waals surface area (Å²) < 4.78 is 0. The van der Waals surface area contributed by atoms with Gasteiger partial charge in [0.25, 0.3) is 5.91 Å². The zero-order valence-corrected chi connectivity index (χ0v) is 10.6. The van der Waals surface area contributed by atoms with E-state index in [2.05, 4.69) is 20.4 Å². The minimum atomic E-state index is 0.0470. The number of nitrogens with zero attached hydrogens (tertiary/aromatic N) is 3. The van der Waals surface area contributed by atoms with Crippen LogP contribution in [0.3, 0.4) is 0 Å². The van der Waals surface area contributed by atoms with Gasteiger partial charge in [-0.05, 0) is 13.0 Å². The molecule has 18 heavy (non-hydrogen) atoms. The maximum atomic E-state index is 12.2. The van der Waals surface area contributed by atoms with Gasteiger partial charge in [-0.25, -0.2) is 0 Å². The maximum Gasteiger partial charge on any atom is 0.274 e. The number of nitrogens with one attached hydrogen (secondary N) is 2. The molecule has 0 aliphatic carbocycles. The SMILES string of the molecule is Cc1cc(C(=O)N2CCN(C3CNC3)CC2)n[nH]1. The number of amides is 1. The Morgan fingerprint density at radius 1 is 1.33 bits per heavy atom. The molecule has 2 aliphatic heterocycles. The molecule has 2 aliphatic rings. The minimum Gasteiger partial charge on any atom is -0.335 e. The molecular weight excluding hydrogens is 230 g/mol. The number of carbonyl (C=O) groups excluding carboxylic acids is 1. The average Bonchev–Trinajstić information content (AvgIpc) is 2.74. The number of carbonyl (C=O) groups is 1. The number of hydrogen-bond donors (Lipinski definition) is 2. The van der Waals surface area contributed by atoms with Crippen LogP contribution in [0, 0.1) is 6.92 Å². The van der Waals surface area contributed by atoms with E-state index in [4.69, 9.17) is 0 Å². The summed E-state index contributed by atoms with van der Waals surface area (Å²) in [6.07, 6.45) is 0. The lowest BCUT2D eigenvalue weighted by Gasteiger charge is -2.43. The van der Waals surface area contributed by atoms with Crippen molar-refractivity contribution in [2.75, 3.05) is 39.3 Å². The third-order valence-electron chi connectivity index (χ3n) is 3.80. The van der Waals surface area contributed by atoms with Crippen LogP contribution in [0.4, 0.5) is 0 Å². The van der Waals surface area contributed by atoms with E-state index in [1.165, 1.54) is 0 Å². The third-order valence-corrected chi connectivity index (χ3v) is 3.80. The molecule has 1 aromatic rings. The molecule has 2 N–H and O–H groups in total. The predicted octanol–water partition coefficient (Wildman–Crippen LogP) is -0.552. The Morgan fingerprint density at radius 3 is 2.56 bits per heavy atom. The number of aryl methyl sites for hydroxylation is 1.